The lowest BCUT2D eigenvalue weighted by Crippen LogP contribution is -2.09. The van der Waals surface area contributed by atoms with Gasteiger partial charge < -0.3 is 5.32 Å². The van der Waals surface area contributed by atoms with Gasteiger partial charge >= 0.3 is 0 Å². The van der Waals surface area contributed by atoms with Crippen LogP contribution in [0.2, 0.25) is 10.0 Å². The first-order chi connectivity index (χ1) is 6.15. The summed E-state index contributed by atoms with van der Waals surface area (Å²) in [6, 6.07) is 5.45. The van der Waals surface area contributed by atoms with Crippen molar-refractivity contribution in [3.05, 3.63) is 40.4 Å². The van der Waals surface area contributed by atoms with E-state index in [-0.39, 0.29) is 0 Å². The summed E-state index contributed by atoms with van der Waals surface area (Å²) in [6.45, 7) is 6.74. The predicted molar refractivity (Wildman–Crippen MR) is 59.2 cm³/mol. The molecule has 0 spiro atoms. The highest BCUT2D eigenvalue weighted by atomic mass is 35.5. The molecule has 70 valence electrons. The van der Waals surface area contributed by atoms with Crippen LogP contribution in [0.15, 0.2) is 24.8 Å². The van der Waals surface area contributed by atoms with Gasteiger partial charge in [0, 0.05) is 12.2 Å². The monoisotopic (exact) mass is 215 g/mol. The number of halogens is 2. The highest BCUT2D eigenvalue weighted by Gasteiger charge is 2.01. The maximum absolute atomic E-state index is 5.86. The van der Waals surface area contributed by atoms with Gasteiger partial charge in [0.1, 0.15) is 0 Å². The Morgan fingerprint density at radius 1 is 1.38 bits per heavy atom. The number of hydrogen-bond acceptors (Lipinski definition) is 1. The molecular weight excluding hydrogens is 205 g/mol. The molecule has 0 bridgehead atoms. The fraction of sp³-hybridized carbons (Fsp3) is 0.200. The van der Waals surface area contributed by atoms with Gasteiger partial charge in [0.25, 0.3) is 0 Å². The minimum Gasteiger partial charge on any atom is -0.385 e. The van der Waals surface area contributed by atoms with E-state index in [1.807, 2.05) is 13.0 Å². The average molecular weight is 216 g/mol. The lowest BCUT2D eigenvalue weighted by molar-refractivity contribution is 0.942. The highest BCUT2D eigenvalue weighted by Crippen LogP contribution is 2.24. The number of rotatable bonds is 3. The fourth-order valence-electron chi connectivity index (χ4n) is 0.999. The summed E-state index contributed by atoms with van der Waals surface area (Å²) in [5.41, 5.74) is 1.83. The van der Waals surface area contributed by atoms with Crippen molar-refractivity contribution in [1.29, 1.82) is 0 Å². The van der Waals surface area contributed by atoms with Crippen LogP contribution in [0.5, 0.6) is 0 Å². The van der Waals surface area contributed by atoms with Gasteiger partial charge in [-0.1, -0.05) is 35.8 Å². The molecule has 0 fully saturated rings. The molecule has 0 heterocycles. The van der Waals surface area contributed by atoms with Crippen molar-refractivity contribution >= 4 is 28.9 Å². The molecule has 0 radical (unpaired) electrons. The maximum Gasteiger partial charge on any atom is 0.0599 e. The zero-order valence-electron chi connectivity index (χ0n) is 7.40. The van der Waals surface area contributed by atoms with Crippen LogP contribution in [0, 0.1) is 0 Å². The Hall–Kier alpha value is -0.660. The fourth-order valence-corrected chi connectivity index (χ4v) is 1.30. The second-order valence-electron chi connectivity index (χ2n) is 2.64. The van der Waals surface area contributed by atoms with Crippen molar-refractivity contribution in [3.63, 3.8) is 0 Å². The van der Waals surface area contributed by atoms with Crippen LogP contribution >= 0.6 is 23.2 Å². The van der Waals surface area contributed by atoms with E-state index in [1.54, 1.807) is 12.1 Å². The van der Waals surface area contributed by atoms with Gasteiger partial charge in [-0.05, 0) is 24.6 Å². The zero-order chi connectivity index (χ0) is 9.84. The second-order valence-corrected chi connectivity index (χ2v) is 3.45. The molecular formula is C10H11Cl2N. The average Bonchev–Trinajstić information content (AvgIpc) is 2.10. The summed E-state index contributed by atoms with van der Waals surface area (Å²) in [6.07, 6.45) is 0. The number of benzene rings is 1. The standard InChI is InChI=1S/C10H11Cl2N/c1-3-13-7(2)8-4-5-9(11)10(12)6-8/h4-6,13H,2-3H2,1H3. The van der Waals surface area contributed by atoms with Gasteiger partial charge in [-0.3, -0.25) is 0 Å². The number of nitrogens with one attached hydrogen (secondary N) is 1. The molecule has 1 aromatic carbocycles. The third-order valence-corrected chi connectivity index (χ3v) is 2.40. The molecule has 0 unspecified atom stereocenters. The summed E-state index contributed by atoms with van der Waals surface area (Å²) in [5.74, 6) is 0. The molecule has 0 amide bonds. The summed E-state index contributed by atoms with van der Waals surface area (Å²) in [7, 11) is 0. The van der Waals surface area contributed by atoms with Gasteiger partial charge in [0.15, 0.2) is 0 Å². The molecule has 3 heteroatoms. The maximum atomic E-state index is 5.86. The lowest BCUT2D eigenvalue weighted by Gasteiger charge is -2.07. The van der Waals surface area contributed by atoms with E-state index < -0.39 is 0 Å². The zero-order valence-corrected chi connectivity index (χ0v) is 8.91. The Morgan fingerprint density at radius 2 is 2.08 bits per heavy atom. The van der Waals surface area contributed by atoms with Gasteiger partial charge in [-0.25, -0.2) is 0 Å². The molecule has 0 aliphatic rings. The van der Waals surface area contributed by atoms with Crippen LogP contribution in [-0.4, -0.2) is 6.54 Å². The Labute approximate surface area is 88.4 Å². The Bertz CT molecular complexity index is 321. The van der Waals surface area contributed by atoms with Crippen molar-refractivity contribution in [2.24, 2.45) is 0 Å². The Balaban J connectivity index is 2.90. The van der Waals surface area contributed by atoms with Gasteiger partial charge in [-0.15, -0.1) is 0 Å². The number of hydrogen-bond donors (Lipinski definition) is 1. The molecule has 1 nitrogen and oxygen atoms in total. The SMILES string of the molecule is C=C(NCC)c1ccc(Cl)c(Cl)c1. The van der Waals surface area contributed by atoms with Crippen LogP contribution in [0.3, 0.4) is 0 Å². The molecule has 1 aromatic rings. The van der Waals surface area contributed by atoms with Crippen LogP contribution in [0.4, 0.5) is 0 Å². The molecule has 0 atom stereocenters. The molecule has 1 N–H and O–H groups in total. The first-order valence-electron chi connectivity index (χ1n) is 4.03. The lowest BCUT2D eigenvalue weighted by atomic mass is 10.2. The van der Waals surface area contributed by atoms with E-state index in [1.165, 1.54) is 0 Å². The van der Waals surface area contributed by atoms with Gasteiger partial charge in [0.05, 0.1) is 10.0 Å². The second kappa shape index (κ2) is 4.54. The molecule has 0 saturated heterocycles. The summed E-state index contributed by atoms with van der Waals surface area (Å²) >= 11 is 11.6. The largest absolute Gasteiger partial charge is 0.385 e. The first-order valence-corrected chi connectivity index (χ1v) is 4.79. The first kappa shape index (κ1) is 10.4. The molecule has 0 saturated carbocycles. The molecule has 0 aromatic heterocycles. The van der Waals surface area contributed by atoms with Crippen molar-refractivity contribution in [3.8, 4) is 0 Å². The topological polar surface area (TPSA) is 12.0 Å². The van der Waals surface area contributed by atoms with E-state index in [0.29, 0.717) is 10.0 Å². The molecule has 13 heavy (non-hydrogen) atoms. The van der Waals surface area contributed by atoms with E-state index in [0.717, 1.165) is 17.8 Å². The highest BCUT2D eigenvalue weighted by molar-refractivity contribution is 6.42. The predicted octanol–water partition coefficient (Wildman–Crippen LogP) is 3.57. The van der Waals surface area contributed by atoms with Crippen LogP contribution in [-0.2, 0) is 0 Å². The van der Waals surface area contributed by atoms with Crippen LogP contribution < -0.4 is 5.32 Å². The minimum absolute atomic E-state index is 0.554. The summed E-state index contributed by atoms with van der Waals surface area (Å²) in [4.78, 5) is 0. The van der Waals surface area contributed by atoms with Crippen LogP contribution in [0.1, 0.15) is 12.5 Å². The molecule has 0 aliphatic heterocycles. The van der Waals surface area contributed by atoms with Gasteiger partial charge in [-0.2, -0.15) is 0 Å². The van der Waals surface area contributed by atoms with E-state index in [4.69, 9.17) is 23.2 Å². The summed E-state index contributed by atoms with van der Waals surface area (Å²) in [5, 5.41) is 4.23. The van der Waals surface area contributed by atoms with Gasteiger partial charge in [0.2, 0.25) is 0 Å². The Kier molecular flexibility index (Phi) is 3.64. The summed E-state index contributed by atoms with van der Waals surface area (Å²) < 4.78 is 0. The smallest absolute Gasteiger partial charge is 0.0599 e. The third kappa shape index (κ3) is 2.64. The van der Waals surface area contributed by atoms with E-state index >= 15 is 0 Å². The third-order valence-electron chi connectivity index (χ3n) is 1.66. The van der Waals surface area contributed by atoms with Crippen molar-refractivity contribution in [1.82, 2.24) is 5.32 Å². The molecule has 0 aliphatic carbocycles. The van der Waals surface area contributed by atoms with Crippen molar-refractivity contribution in [2.45, 2.75) is 6.92 Å². The van der Waals surface area contributed by atoms with Crippen molar-refractivity contribution in [2.75, 3.05) is 6.54 Å². The minimum atomic E-state index is 0.554. The molecule has 1 rings (SSSR count). The van der Waals surface area contributed by atoms with E-state index in [2.05, 4.69) is 11.9 Å². The Morgan fingerprint density at radius 3 is 2.62 bits per heavy atom. The van der Waals surface area contributed by atoms with E-state index in [9.17, 15) is 0 Å². The van der Waals surface area contributed by atoms with Crippen molar-refractivity contribution < 1.29 is 0 Å². The normalized spacial score (nSPS) is 9.77. The quantitative estimate of drug-likeness (QED) is 0.814. The van der Waals surface area contributed by atoms with Crippen LogP contribution in [0.25, 0.3) is 5.70 Å².